The Morgan fingerprint density at radius 2 is 2.18 bits per heavy atom. The third-order valence-corrected chi connectivity index (χ3v) is 3.79. The molecule has 22 heavy (non-hydrogen) atoms. The van der Waals surface area contributed by atoms with E-state index >= 15 is 0 Å². The number of hydrogen-bond acceptors (Lipinski definition) is 4. The molecule has 0 saturated heterocycles. The minimum Gasteiger partial charge on any atom is -0.508 e. The van der Waals surface area contributed by atoms with Crippen molar-refractivity contribution in [2.24, 2.45) is 0 Å². The lowest BCUT2D eigenvalue weighted by Crippen LogP contribution is -2.38. The van der Waals surface area contributed by atoms with Gasteiger partial charge in [0.1, 0.15) is 11.4 Å². The number of benzene rings is 1. The first kappa shape index (κ1) is 16.6. The minimum atomic E-state index is -0.472. The highest BCUT2D eigenvalue weighted by Gasteiger charge is 2.24. The summed E-state index contributed by atoms with van der Waals surface area (Å²) in [6, 6.07) is 5.91. The normalized spacial score (nSPS) is 17.2. The first-order valence-corrected chi connectivity index (χ1v) is 7.76. The lowest BCUT2D eigenvalue weighted by atomic mass is 10.1. The Bertz CT molecular complexity index is 537. The summed E-state index contributed by atoms with van der Waals surface area (Å²) in [6.07, 6.45) is 1.56. The highest BCUT2D eigenvalue weighted by Crippen LogP contribution is 2.35. The molecule has 0 saturated carbocycles. The predicted molar refractivity (Wildman–Crippen MR) is 86.0 cm³/mol. The summed E-state index contributed by atoms with van der Waals surface area (Å²) >= 11 is 0. The largest absolute Gasteiger partial charge is 0.508 e. The van der Waals surface area contributed by atoms with Gasteiger partial charge < -0.3 is 20.1 Å². The predicted octanol–water partition coefficient (Wildman–Crippen LogP) is 2.84. The van der Waals surface area contributed by atoms with Crippen molar-refractivity contribution in [2.75, 3.05) is 20.1 Å². The molecule has 2 N–H and O–H groups in total. The van der Waals surface area contributed by atoms with Gasteiger partial charge in [-0.2, -0.15) is 0 Å². The number of hydrogen-bond donors (Lipinski definition) is 2. The van der Waals surface area contributed by atoms with Crippen LogP contribution in [-0.2, 0) is 11.2 Å². The number of phenols is 1. The molecule has 0 heterocycles. The van der Waals surface area contributed by atoms with E-state index in [1.807, 2.05) is 26.8 Å². The van der Waals surface area contributed by atoms with Gasteiger partial charge in [0.15, 0.2) is 0 Å². The second-order valence-electron chi connectivity index (χ2n) is 6.79. The molecule has 0 aliphatic heterocycles. The summed E-state index contributed by atoms with van der Waals surface area (Å²) in [5.74, 6) is 0.382. The number of amides is 1. The SMILES string of the molecule is CN(CCNC1CCc2c(O)cccc21)C(=O)OC(C)(C)C. The van der Waals surface area contributed by atoms with E-state index in [0.29, 0.717) is 18.8 Å². The summed E-state index contributed by atoms with van der Waals surface area (Å²) in [5.41, 5.74) is 1.74. The zero-order valence-corrected chi connectivity index (χ0v) is 13.8. The fraction of sp³-hybridized carbons (Fsp3) is 0.588. The third kappa shape index (κ3) is 4.13. The van der Waals surface area contributed by atoms with Crippen LogP contribution in [0.15, 0.2) is 18.2 Å². The van der Waals surface area contributed by atoms with Crippen molar-refractivity contribution < 1.29 is 14.6 Å². The Hall–Kier alpha value is -1.75. The van der Waals surface area contributed by atoms with Crippen LogP contribution in [0.25, 0.3) is 0 Å². The second-order valence-corrected chi connectivity index (χ2v) is 6.79. The quantitative estimate of drug-likeness (QED) is 0.898. The van der Waals surface area contributed by atoms with E-state index in [-0.39, 0.29) is 12.1 Å². The topological polar surface area (TPSA) is 61.8 Å². The van der Waals surface area contributed by atoms with Crippen LogP contribution in [0, 0.1) is 0 Å². The number of rotatable bonds is 4. The van der Waals surface area contributed by atoms with Crippen LogP contribution in [0.3, 0.4) is 0 Å². The maximum Gasteiger partial charge on any atom is 0.410 e. The number of ether oxygens (including phenoxy) is 1. The van der Waals surface area contributed by atoms with Crippen molar-refractivity contribution in [3.63, 3.8) is 0 Å². The molecule has 0 bridgehead atoms. The van der Waals surface area contributed by atoms with Gasteiger partial charge in [-0.1, -0.05) is 12.1 Å². The van der Waals surface area contributed by atoms with Gasteiger partial charge in [-0.15, -0.1) is 0 Å². The van der Waals surface area contributed by atoms with Crippen LogP contribution in [0.5, 0.6) is 5.75 Å². The average molecular weight is 306 g/mol. The van der Waals surface area contributed by atoms with Crippen molar-refractivity contribution in [2.45, 2.75) is 45.3 Å². The molecule has 5 heteroatoms. The first-order chi connectivity index (χ1) is 10.3. The molecule has 122 valence electrons. The fourth-order valence-electron chi connectivity index (χ4n) is 2.68. The van der Waals surface area contributed by atoms with Gasteiger partial charge >= 0.3 is 6.09 Å². The van der Waals surface area contributed by atoms with Crippen molar-refractivity contribution >= 4 is 6.09 Å². The van der Waals surface area contributed by atoms with Gasteiger partial charge in [-0.05, 0) is 50.8 Å². The van der Waals surface area contributed by atoms with Gasteiger partial charge in [0.05, 0.1) is 0 Å². The van der Waals surface area contributed by atoms with Crippen LogP contribution in [-0.4, -0.2) is 41.8 Å². The molecular weight excluding hydrogens is 280 g/mol. The molecule has 1 amide bonds. The molecule has 1 aliphatic rings. The number of fused-ring (bicyclic) bond motifs is 1. The van der Waals surface area contributed by atoms with E-state index in [2.05, 4.69) is 11.4 Å². The number of phenolic OH excluding ortho intramolecular Hbond substituents is 1. The van der Waals surface area contributed by atoms with Crippen LogP contribution < -0.4 is 5.32 Å². The van der Waals surface area contributed by atoms with E-state index in [4.69, 9.17) is 4.74 Å². The molecule has 1 atom stereocenters. The molecule has 1 unspecified atom stereocenters. The van der Waals surface area contributed by atoms with Gasteiger partial charge in [-0.25, -0.2) is 4.79 Å². The molecule has 1 aliphatic carbocycles. The molecule has 0 radical (unpaired) electrons. The molecule has 0 aromatic heterocycles. The lowest BCUT2D eigenvalue weighted by Gasteiger charge is -2.25. The summed E-state index contributed by atoms with van der Waals surface area (Å²) in [7, 11) is 1.74. The van der Waals surface area contributed by atoms with E-state index in [0.717, 1.165) is 18.4 Å². The second kappa shape index (κ2) is 6.57. The van der Waals surface area contributed by atoms with Crippen molar-refractivity contribution in [3.8, 4) is 5.75 Å². The van der Waals surface area contributed by atoms with Gasteiger partial charge in [-0.3, -0.25) is 0 Å². The monoisotopic (exact) mass is 306 g/mol. The van der Waals surface area contributed by atoms with Crippen molar-refractivity contribution in [3.05, 3.63) is 29.3 Å². The maximum atomic E-state index is 11.9. The fourth-order valence-corrected chi connectivity index (χ4v) is 2.68. The van der Waals surface area contributed by atoms with E-state index in [9.17, 15) is 9.90 Å². The first-order valence-electron chi connectivity index (χ1n) is 7.76. The highest BCUT2D eigenvalue weighted by atomic mass is 16.6. The minimum absolute atomic E-state index is 0.245. The summed E-state index contributed by atoms with van der Waals surface area (Å²) in [4.78, 5) is 13.5. The van der Waals surface area contributed by atoms with E-state index < -0.39 is 5.60 Å². The number of aromatic hydroxyl groups is 1. The van der Waals surface area contributed by atoms with Gasteiger partial charge in [0, 0.05) is 26.2 Å². The van der Waals surface area contributed by atoms with Gasteiger partial charge in [0.2, 0.25) is 0 Å². The number of likely N-dealkylation sites (N-methyl/N-ethyl adjacent to an activating group) is 1. The smallest absolute Gasteiger partial charge is 0.410 e. The number of carbonyl (C=O) groups excluding carboxylic acids is 1. The Kier molecular flexibility index (Phi) is 4.96. The average Bonchev–Trinajstić information content (AvgIpc) is 2.81. The summed E-state index contributed by atoms with van der Waals surface area (Å²) in [6.45, 7) is 6.85. The highest BCUT2D eigenvalue weighted by molar-refractivity contribution is 5.67. The maximum absolute atomic E-state index is 11.9. The van der Waals surface area contributed by atoms with Crippen LogP contribution in [0.2, 0.25) is 0 Å². The summed E-state index contributed by atoms with van der Waals surface area (Å²) in [5, 5.41) is 13.3. The number of nitrogens with zero attached hydrogens (tertiary/aromatic N) is 1. The molecular formula is C17H26N2O3. The molecule has 1 aromatic carbocycles. The van der Waals surface area contributed by atoms with Crippen molar-refractivity contribution in [1.29, 1.82) is 0 Å². The molecule has 5 nitrogen and oxygen atoms in total. The van der Waals surface area contributed by atoms with Crippen LogP contribution in [0.4, 0.5) is 4.79 Å². The standard InChI is InChI=1S/C17H26N2O3/c1-17(2,3)22-16(21)19(4)11-10-18-14-9-8-13-12(14)6-5-7-15(13)20/h5-7,14,18,20H,8-11H2,1-4H3. The lowest BCUT2D eigenvalue weighted by molar-refractivity contribution is 0.0299. The van der Waals surface area contributed by atoms with Crippen molar-refractivity contribution in [1.82, 2.24) is 10.2 Å². The molecule has 0 spiro atoms. The Morgan fingerprint density at radius 1 is 1.45 bits per heavy atom. The number of carbonyl (C=O) groups is 1. The zero-order chi connectivity index (χ0) is 16.3. The van der Waals surface area contributed by atoms with E-state index in [1.54, 1.807) is 18.0 Å². The van der Waals surface area contributed by atoms with Gasteiger partial charge in [0.25, 0.3) is 0 Å². The Labute approximate surface area is 132 Å². The van der Waals surface area contributed by atoms with E-state index in [1.165, 1.54) is 5.56 Å². The molecule has 1 aromatic rings. The molecule has 2 rings (SSSR count). The Balaban J connectivity index is 1.81. The summed E-state index contributed by atoms with van der Waals surface area (Å²) < 4.78 is 5.32. The third-order valence-electron chi connectivity index (χ3n) is 3.79. The molecule has 0 fully saturated rings. The van der Waals surface area contributed by atoms with Crippen LogP contribution >= 0.6 is 0 Å². The van der Waals surface area contributed by atoms with Crippen LogP contribution in [0.1, 0.15) is 44.4 Å². The number of nitrogens with one attached hydrogen (secondary N) is 1. The zero-order valence-electron chi connectivity index (χ0n) is 13.8. The Morgan fingerprint density at radius 3 is 2.86 bits per heavy atom.